The first-order valence-corrected chi connectivity index (χ1v) is 6.68. The molecule has 2 heterocycles. The predicted molar refractivity (Wildman–Crippen MR) is 80.8 cm³/mol. The van der Waals surface area contributed by atoms with E-state index < -0.39 is 0 Å². The van der Waals surface area contributed by atoms with E-state index in [0.29, 0.717) is 5.15 Å². The SMILES string of the molecule is CC(C)(C)c1cc2ccc3ccncc3c2nc1Cl. The summed E-state index contributed by atoms with van der Waals surface area (Å²) in [5.41, 5.74) is 1.98. The van der Waals surface area contributed by atoms with Gasteiger partial charge in [-0.2, -0.15) is 0 Å². The first kappa shape index (κ1) is 12.4. The molecule has 0 aliphatic rings. The highest BCUT2D eigenvalue weighted by Crippen LogP contribution is 2.33. The lowest BCUT2D eigenvalue weighted by atomic mass is 9.87. The molecule has 0 bridgehead atoms. The topological polar surface area (TPSA) is 25.8 Å². The van der Waals surface area contributed by atoms with Gasteiger partial charge in [0.1, 0.15) is 5.15 Å². The minimum atomic E-state index is -0.0117. The van der Waals surface area contributed by atoms with Crippen molar-refractivity contribution in [1.29, 1.82) is 0 Å². The third-order valence-electron chi connectivity index (χ3n) is 3.37. The Morgan fingerprint density at radius 1 is 1.05 bits per heavy atom. The van der Waals surface area contributed by atoms with Crippen LogP contribution in [0.1, 0.15) is 26.3 Å². The van der Waals surface area contributed by atoms with Gasteiger partial charge in [-0.15, -0.1) is 0 Å². The smallest absolute Gasteiger partial charge is 0.133 e. The normalized spacial score (nSPS) is 12.2. The highest BCUT2D eigenvalue weighted by Gasteiger charge is 2.19. The Morgan fingerprint density at radius 3 is 2.53 bits per heavy atom. The van der Waals surface area contributed by atoms with Crippen LogP contribution in [0.2, 0.25) is 5.15 Å². The highest BCUT2D eigenvalue weighted by atomic mass is 35.5. The van der Waals surface area contributed by atoms with Gasteiger partial charge >= 0.3 is 0 Å². The molecule has 3 aromatic rings. The Kier molecular flexibility index (Phi) is 2.72. The summed E-state index contributed by atoms with van der Waals surface area (Å²) >= 11 is 6.36. The van der Waals surface area contributed by atoms with Crippen LogP contribution in [0.5, 0.6) is 0 Å². The first-order valence-electron chi connectivity index (χ1n) is 6.30. The van der Waals surface area contributed by atoms with Gasteiger partial charge in [0.15, 0.2) is 0 Å². The average Bonchev–Trinajstić information content (AvgIpc) is 2.36. The monoisotopic (exact) mass is 270 g/mol. The van der Waals surface area contributed by atoms with Crippen LogP contribution in [0.25, 0.3) is 21.7 Å². The summed E-state index contributed by atoms with van der Waals surface area (Å²) in [4.78, 5) is 8.78. The van der Waals surface area contributed by atoms with Crippen LogP contribution in [0, 0.1) is 0 Å². The quantitative estimate of drug-likeness (QED) is 0.436. The van der Waals surface area contributed by atoms with Crippen molar-refractivity contribution in [3.8, 4) is 0 Å². The maximum atomic E-state index is 6.36. The van der Waals surface area contributed by atoms with Crippen LogP contribution in [0.15, 0.2) is 36.7 Å². The van der Waals surface area contributed by atoms with Crippen molar-refractivity contribution in [2.24, 2.45) is 0 Å². The van der Waals surface area contributed by atoms with Crippen LogP contribution < -0.4 is 0 Å². The molecule has 1 aromatic carbocycles. The molecule has 0 amide bonds. The minimum absolute atomic E-state index is 0.0117. The number of hydrogen-bond donors (Lipinski definition) is 0. The van der Waals surface area contributed by atoms with Crippen molar-refractivity contribution in [3.05, 3.63) is 47.4 Å². The maximum Gasteiger partial charge on any atom is 0.133 e. The Labute approximate surface area is 117 Å². The van der Waals surface area contributed by atoms with E-state index in [1.165, 1.54) is 0 Å². The zero-order chi connectivity index (χ0) is 13.6. The molecule has 3 heteroatoms. The molecule has 0 unspecified atom stereocenters. The second-order valence-electron chi connectivity index (χ2n) is 5.81. The van der Waals surface area contributed by atoms with Crippen molar-refractivity contribution >= 4 is 33.3 Å². The molecule has 0 aliphatic carbocycles. The second-order valence-corrected chi connectivity index (χ2v) is 6.17. The van der Waals surface area contributed by atoms with E-state index in [4.69, 9.17) is 11.6 Å². The van der Waals surface area contributed by atoms with Crippen molar-refractivity contribution < 1.29 is 0 Å². The molecular formula is C16H15ClN2. The summed E-state index contributed by atoms with van der Waals surface area (Å²) in [7, 11) is 0. The molecule has 0 radical (unpaired) electrons. The zero-order valence-electron chi connectivity index (χ0n) is 11.2. The van der Waals surface area contributed by atoms with Crippen LogP contribution in [-0.4, -0.2) is 9.97 Å². The summed E-state index contributed by atoms with van der Waals surface area (Å²) in [5.74, 6) is 0. The van der Waals surface area contributed by atoms with E-state index in [-0.39, 0.29) is 5.41 Å². The van der Waals surface area contributed by atoms with Gasteiger partial charge in [0.05, 0.1) is 5.52 Å². The summed E-state index contributed by atoms with van der Waals surface area (Å²) < 4.78 is 0. The molecule has 0 saturated heterocycles. The fourth-order valence-electron chi connectivity index (χ4n) is 2.30. The fourth-order valence-corrected chi connectivity index (χ4v) is 2.73. The molecule has 3 rings (SSSR count). The van der Waals surface area contributed by atoms with Gasteiger partial charge in [-0.3, -0.25) is 4.98 Å². The molecule has 0 N–H and O–H groups in total. The molecule has 0 spiro atoms. The molecule has 0 saturated carbocycles. The Balaban J connectivity index is 2.41. The lowest BCUT2D eigenvalue weighted by molar-refractivity contribution is 0.589. The Morgan fingerprint density at radius 2 is 1.79 bits per heavy atom. The number of hydrogen-bond acceptors (Lipinski definition) is 2. The summed E-state index contributed by atoms with van der Waals surface area (Å²) in [6.07, 6.45) is 3.64. The molecule has 0 fully saturated rings. The number of aromatic nitrogens is 2. The van der Waals surface area contributed by atoms with Gasteiger partial charge in [0, 0.05) is 23.2 Å². The number of halogens is 1. The molecule has 0 atom stereocenters. The molecule has 2 aromatic heterocycles. The minimum Gasteiger partial charge on any atom is -0.264 e. The lowest BCUT2D eigenvalue weighted by Crippen LogP contribution is -2.12. The van der Waals surface area contributed by atoms with Crippen LogP contribution >= 0.6 is 11.6 Å². The van der Waals surface area contributed by atoms with Crippen LogP contribution in [0.3, 0.4) is 0 Å². The Hall–Kier alpha value is -1.67. The summed E-state index contributed by atoms with van der Waals surface area (Å²) in [6, 6.07) is 8.32. The fraction of sp³-hybridized carbons (Fsp3) is 0.250. The number of nitrogens with zero attached hydrogens (tertiary/aromatic N) is 2. The molecule has 96 valence electrons. The summed E-state index contributed by atoms with van der Waals surface area (Å²) in [6.45, 7) is 6.43. The largest absolute Gasteiger partial charge is 0.264 e. The van der Waals surface area contributed by atoms with Crippen LogP contribution in [0.4, 0.5) is 0 Å². The van der Waals surface area contributed by atoms with Crippen molar-refractivity contribution in [2.75, 3.05) is 0 Å². The lowest BCUT2D eigenvalue weighted by Gasteiger charge is -2.20. The zero-order valence-corrected chi connectivity index (χ0v) is 12.0. The second kappa shape index (κ2) is 4.17. The van der Waals surface area contributed by atoms with Crippen molar-refractivity contribution in [3.63, 3.8) is 0 Å². The molecule has 2 nitrogen and oxygen atoms in total. The molecular weight excluding hydrogens is 256 g/mol. The van der Waals surface area contributed by atoms with Gasteiger partial charge < -0.3 is 0 Å². The molecule has 0 aliphatic heterocycles. The first-order chi connectivity index (χ1) is 8.97. The Bertz CT molecular complexity index is 773. The van der Waals surface area contributed by atoms with Crippen molar-refractivity contribution in [2.45, 2.75) is 26.2 Å². The predicted octanol–water partition coefficient (Wildman–Crippen LogP) is 4.73. The van der Waals surface area contributed by atoms with E-state index in [9.17, 15) is 0 Å². The van der Waals surface area contributed by atoms with Gasteiger partial charge in [-0.1, -0.05) is 44.5 Å². The standard InChI is InChI=1S/C16H15ClN2/c1-16(2,3)13-8-11-5-4-10-6-7-18-9-12(10)14(11)19-15(13)17/h4-9H,1-3H3. The number of rotatable bonds is 0. The third-order valence-corrected chi connectivity index (χ3v) is 3.65. The summed E-state index contributed by atoms with van der Waals surface area (Å²) in [5, 5.41) is 3.86. The number of pyridine rings is 2. The highest BCUT2D eigenvalue weighted by molar-refractivity contribution is 6.31. The third kappa shape index (κ3) is 2.06. The van der Waals surface area contributed by atoms with Crippen LogP contribution in [-0.2, 0) is 5.41 Å². The van der Waals surface area contributed by atoms with E-state index in [1.54, 1.807) is 6.20 Å². The average molecular weight is 271 g/mol. The number of benzene rings is 1. The maximum absolute atomic E-state index is 6.36. The molecule has 19 heavy (non-hydrogen) atoms. The van der Waals surface area contributed by atoms with Crippen molar-refractivity contribution in [1.82, 2.24) is 9.97 Å². The van der Waals surface area contributed by atoms with Gasteiger partial charge in [0.2, 0.25) is 0 Å². The number of fused-ring (bicyclic) bond motifs is 3. The van der Waals surface area contributed by atoms with Gasteiger partial charge in [0.25, 0.3) is 0 Å². The van der Waals surface area contributed by atoms with Gasteiger partial charge in [-0.25, -0.2) is 4.98 Å². The van der Waals surface area contributed by atoms with E-state index >= 15 is 0 Å². The van der Waals surface area contributed by atoms with Gasteiger partial charge in [-0.05, 0) is 28.5 Å². The van der Waals surface area contributed by atoms with E-state index in [2.05, 4.69) is 48.9 Å². The van der Waals surface area contributed by atoms with E-state index in [0.717, 1.165) is 27.2 Å². The van der Waals surface area contributed by atoms with E-state index in [1.807, 2.05) is 12.3 Å².